The normalized spacial score (nSPS) is 14.2. The molecule has 0 radical (unpaired) electrons. The van der Waals surface area contributed by atoms with Crippen LogP contribution in [0.2, 0.25) is 0 Å². The zero-order chi connectivity index (χ0) is 14.3. The third-order valence-electron chi connectivity index (χ3n) is 3.26. The number of carbonyl (C=O) groups is 1. The number of hydrogen-bond acceptors (Lipinski definition) is 3. The van der Waals surface area contributed by atoms with Gasteiger partial charge in [-0.2, -0.15) is 0 Å². The standard InChI is InChI=1S/C16H24O3/c1-4-19-16(18)15(12(2)3)14(17)11-10-13-8-6-5-7-9-13/h5-9,12,14-15,17H,4,10-11H2,1-3H3. The summed E-state index contributed by atoms with van der Waals surface area (Å²) in [4.78, 5) is 11.9. The number of aryl methyl sites for hydroxylation is 1. The Balaban J connectivity index is 2.57. The molecule has 1 rings (SSSR count). The molecule has 3 nitrogen and oxygen atoms in total. The summed E-state index contributed by atoms with van der Waals surface area (Å²) in [7, 11) is 0. The summed E-state index contributed by atoms with van der Waals surface area (Å²) in [6, 6.07) is 9.98. The van der Waals surface area contributed by atoms with Crippen molar-refractivity contribution in [2.24, 2.45) is 11.8 Å². The highest BCUT2D eigenvalue weighted by Crippen LogP contribution is 2.21. The maximum atomic E-state index is 11.9. The summed E-state index contributed by atoms with van der Waals surface area (Å²) in [5.74, 6) is -0.661. The molecule has 0 bridgehead atoms. The fraction of sp³-hybridized carbons (Fsp3) is 0.562. The molecule has 0 fully saturated rings. The van der Waals surface area contributed by atoms with Gasteiger partial charge in [0.05, 0.1) is 18.6 Å². The fourth-order valence-electron chi connectivity index (χ4n) is 2.25. The lowest BCUT2D eigenvalue weighted by molar-refractivity contribution is -0.154. The zero-order valence-electron chi connectivity index (χ0n) is 12.0. The van der Waals surface area contributed by atoms with E-state index in [9.17, 15) is 9.90 Å². The number of aliphatic hydroxyl groups excluding tert-OH is 1. The number of hydrogen-bond donors (Lipinski definition) is 1. The van der Waals surface area contributed by atoms with Crippen LogP contribution in [0.5, 0.6) is 0 Å². The van der Waals surface area contributed by atoms with Crippen molar-refractivity contribution >= 4 is 5.97 Å². The van der Waals surface area contributed by atoms with Crippen LogP contribution in [0.3, 0.4) is 0 Å². The molecule has 1 N–H and O–H groups in total. The molecule has 0 aliphatic heterocycles. The summed E-state index contributed by atoms with van der Waals surface area (Å²) in [6.45, 7) is 6.01. The lowest BCUT2D eigenvalue weighted by Crippen LogP contribution is -2.34. The number of aliphatic hydroxyl groups is 1. The molecule has 0 aliphatic carbocycles. The number of benzene rings is 1. The summed E-state index contributed by atoms with van der Waals surface area (Å²) in [6.07, 6.45) is 0.690. The van der Waals surface area contributed by atoms with E-state index in [4.69, 9.17) is 4.74 Å². The predicted octanol–water partition coefficient (Wildman–Crippen LogP) is 2.82. The van der Waals surface area contributed by atoms with Crippen LogP contribution in [0.15, 0.2) is 30.3 Å². The smallest absolute Gasteiger partial charge is 0.311 e. The Hall–Kier alpha value is -1.35. The minimum absolute atomic E-state index is 0.0739. The van der Waals surface area contributed by atoms with Gasteiger partial charge in [-0.3, -0.25) is 4.79 Å². The van der Waals surface area contributed by atoms with E-state index in [0.29, 0.717) is 13.0 Å². The molecule has 0 aliphatic rings. The van der Waals surface area contributed by atoms with Gasteiger partial charge in [-0.05, 0) is 31.2 Å². The van der Waals surface area contributed by atoms with Crippen LogP contribution in [-0.2, 0) is 16.0 Å². The number of esters is 1. The van der Waals surface area contributed by atoms with E-state index in [1.807, 2.05) is 44.2 Å². The Kier molecular flexibility index (Phi) is 6.57. The molecule has 2 unspecified atom stereocenters. The Morgan fingerprint density at radius 1 is 1.26 bits per heavy atom. The number of rotatable bonds is 7. The maximum absolute atomic E-state index is 11.9. The van der Waals surface area contributed by atoms with Crippen molar-refractivity contribution in [1.29, 1.82) is 0 Å². The Bertz CT molecular complexity index is 373. The zero-order valence-corrected chi connectivity index (χ0v) is 12.0. The van der Waals surface area contributed by atoms with Gasteiger partial charge in [0.25, 0.3) is 0 Å². The molecule has 19 heavy (non-hydrogen) atoms. The van der Waals surface area contributed by atoms with Crippen LogP contribution >= 0.6 is 0 Å². The third kappa shape index (κ3) is 5.03. The fourth-order valence-corrected chi connectivity index (χ4v) is 2.25. The highest BCUT2D eigenvalue weighted by molar-refractivity contribution is 5.73. The van der Waals surface area contributed by atoms with Gasteiger partial charge in [-0.1, -0.05) is 44.2 Å². The van der Waals surface area contributed by atoms with Crippen molar-refractivity contribution < 1.29 is 14.6 Å². The third-order valence-corrected chi connectivity index (χ3v) is 3.26. The average Bonchev–Trinajstić information content (AvgIpc) is 2.37. The van der Waals surface area contributed by atoms with Gasteiger partial charge >= 0.3 is 5.97 Å². The van der Waals surface area contributed by atoms with Crippen LogP contribution in [0.1, 0.15) is 32.8 Å². The van der Waals surface area contributed by atoms with E-state index in [2.05, 4.69) is 0 Å². The molecule has 0 amide bonds. The molecule has 2 atom stereocenters. The minimum atomic E-state index is -0.653. The molecule has 1 aromatic carbocycles. The molecular formula is C16H24O3. The highest BCUT2D eigenvalue weighted by Gasteiger charge is 2.30. The monoisotopic (exact) mass is 264 g/mol. The van der Waals surface area contributed by atoms with E-state index < -0.39 is 12.0 Å². The molecule has 0 saturated heterocycles. The second-order valence-electron chi connectivity index (χ2n) is 5.11. The van der Waals surface area contributed by atoms with Gasteiger partial charge in [-0.25, -0.2) is 0 Å². The van der Waals surface area contributed by atoms with Crippen molar-refractivity contribution in [2.45, 2.75) is 39.7 Å². The molecule has 106 valence electrons. The first kappa shape index (κ1) is 15.7. The van der Waals surface area contributed by atoms with Gasteiger partial charge in [0.1, 0.15) is 0 Å². The lowest BCUT2D eigenvalue weighted by Gasteiger charge is -2.24. The Labute approximate surface area is 115 Å². The maximum Gasteiger partial charge on any atom is 0.311 e. The van der Waals surface area contributed by atoms with Crippen LogP contribution in [0, 0.1) is 11.8 Å². The van der Waals surface area contributed by atoms with Crippen molar-refractivity contribution in [3.8, 4) is 0 Å². The van der Waals surface area contributed by atoms with Gasteiger partial charge in [0.2, 0.25) is 0 Å². The second-order valence-corrected chi connectivity index (χ2v) is 5.11. The summed E-state index contributed by atoms with van der Waals surface area (Å²) < 4.78 is 5.04. The van der Waals surface area contributed by atoms with E-state index in [-0.39, 0.29) is 11.9 Å². The van der Waals surface area contributed by atoms with Crippen LogP contribution in [-0.4, -0.2) is 23.8 Å². The Morgan fingerprint density at radius 2 is 1.89 bits per heavy atom. The summed E-state index contributed by atoms with van der Waals surface area (Å²) in [5.41, 5.74) is 1.17. The van der Waals surface area contributed by atoms with Crippen molar-refractivity contribution in [2.75, 3.05) is 6.61 Å². The lowest BCUT2D eigenvalue weighted by atomic mass is 9.87. The first-order chi connectivity index (χ1) is 9.06. The van der Waals surface area contributed by atoms with E-state index >= 15 is 0 Å². The molecule has 0 spiro atoms. The van der Waals surface area contributed by atoms with Gasteiger partial charge < -0.3 is 9.84 Å². The largest absolute Gasteiger partial charge is 0.466 e. The summed E-state index contributed by atoms with van der Waals surface area (Å²) in [5, 5.41) is 10.2. The number of carbonyl (C=O) groups excluding carboxylic acids is 1. The molecular weight excluding hydrogens is 240 g/mol. The van der Waals surface area contributed by atoms with Crippen LogP contribution in [0.25, 0.3) is 0 Å². The van der Waals surface area contributed by atoms with Gasteiger partial charge in [0.15, 0.2) is 0 Å². The first-order valence-electron chi connectivity index (χ1n) is 6.94. The molecule has 1 aromatic rings. The van der Waals surface area contributed by atoms with Crippen LogP contribution < -0.4 is 0 Å². The van der Waals surface area contributed by atoms with Crippen molar-refractivity contribution in [1.82, 2.24) is 0 Å². The quantitative estimate of drug-likeness (QED) is 0.770. The molecule has 3 heteroatoms. The van der Waals surface area contributed by atoms with E-state index in [0.717, 1.165) is 6.42 Å². The van der Waals surface area contributed by atoms with Crippen molar-refractivity contribution in [3.63, 3.8) is 0 Å². The number of ether oxygens (including phenoxy) is 1. The molecule has 0 aromatic heterocycles. The van der Waals surface area contributed by atoms with Crippen molar-refractivity contribution in [3.05, 3.63) is 35.9 Å². The molecule has 0 heterocycles. The summed E-state index contributed by atoms with van der Waals surface area (Å²) >= 11 is 0. The van der Waals surface area contributed by atoms with E-state index in [1.54, 1.807) is 6.92 Å². The van der Waals surface area contributed by atoms with Gasteiger partial charge in [0, 0.05) is 0 Å². The SMILES string of the molecule is CCOC(=O)C(C(C)C)C(O)CCc1ccccc1. The van der Waals surface area contributed by atoms with Crippen LogP contribution in [0.4, 0.5) is 0 Å². The average molecular weight is 264 g/mol. The topological polar surface area (TPSA) is 46.5 Å². The van der Waals surface area contributed by atoms with Gasteiger partial charge in [-0.15, -0.1) is 0 Å². The highest BCUT2D eigenvalue weighted by atomic mass is 16.5. The minimum Gasteiger partial charge on any atom is -0.466 e. The Morgan fingerprint density at radius 3 is 2.42 bits per heavy atom. The predicted molar refractivity (Wildman–Crippen MR) is 75.7 cm³/mol. The first-order valence-corrected chi connectivity index (χ1v) is 6.94. The second kappa shape index (κ2) is 7.95. The molecule has 0 saturated carbocycles. The van der Waals surface area contributed by atoms with E-state index in [1.165, 1.54) is 5.56 Å².